The van der Waals surface area contributed by atoms with Crippen molar-refractivity contribution in [3.8, 4) is 5.75 Å². The van der Waals surface area contributed by atoms with E-state index in [0.29, 0.717) is 16.8 Å². The summed E-state index contributed by atoms with van der Waals surface area (Å²) in [5, 5.41) is 3.68. The first-order chi connectivity index (χ1) is 8.99. The molecule has 1 aromatic heterocycles. The maximum Gasteiger partial charge on any atom is 0.138 e. The van der Waals surface area contributed by atoms with Gasteiger partial charge in [0, 0.05) is 21.8 Å². The van der Waals surface area contributed by atoms with Crippen molar-refractivity contribution in [2.24, 2.45) is 0 Å². The molecule has 0 aliphatic carbocycles. The molecule has 2 aromatic rings. The third kappa shape index (κ3) is 3.36. The largest absolute Gasteiger partial charge is 0.497 e. The Morgan fingerprint density at radius 1 is 1.21 bits per heavy atom. The topological polar surface area (TPSA) is 47.0 Å². The van der Waals surface area contributed by atoms with Crippen molar-refractivity contribution in [3.63, 3.8) is 0 Å². The zero-order valence-electron chi connectivity index (χ0n) is 10.8. The number of hydrogen-bond acceptors (Lipinski definition) is 4. The number of rotatable bonds is 3. The van der Waals surface area contributed by atoms with Crippen LogP contribution in [-0.2, 0) is 0 Å². The average molecular weight is 343 g/mol. The second-order valence-corrected chi connectivity index (χ2v) is 5.31. The summed E-state index contributed by atoms with van der Waals surface area (Å²) in [4.78, 5) is 8.46. The number of hydrogen-bond donors (Lipinski definition) is 1. The molecule has 0 aliphatic heterocycles. The van der Waals surface area contributed by atoms with Crippen LogP contribution in [0.5, 0.6) is 5.75 Å². The Labute approximate surface area is 125 Å². The molecule has 0 atom stereocenters. The lowest BCUT2D eigenvalue weighted by molar-refractivity contribution is 0.415. The molecule has 4 nitrogen and oxygen atoms in total. The van der Waals surface area contributed by atoms with E-state index in [1.165, 1.54) is 0 Å². The lowest BCUT2D eigenvalue weighted by Gasteiger charge is -2.11. The Balaban J connectivity index is 2.38. The maximum atomic E-state index is 6.05. The minimum absolute atomic E-state index is 0.456. The van der Waals surface area contributed by atoms with Crippen LogP contribution in [0.15, 0.2) is 22.7 Å². The van der Waals surface area contributed by atoms with Crippen LogP contribution in [0.4, 0.5) is 11.5 Å². The standard InChI is InChI=1S/C13H13BrClN3O/c1-7-12(15)16-8(2)17-13(7)18-10-4-9(14)5-11(6-10)19-3/h4-6H,1-3H3,(H,16,17,18). The first-order valence-electron chi connectivity index (χ1n) is 5.62. The van der Waals surface area contributed by atoms with Gasteiger partial charge in [0.2, 0.25) is 0 Å². The summed E-state index contributed by atoms with van der Waals surface area (Å²) in [5.41, 5.74) is 1.68. The number of nitrogens with zero attached hydrogens (tertiary/aromatic N) is 2. The molecule has 6 heteroatoms. The quantitative estimate of drug-likeness (QED) is 0.847. The van der Waals surface area contributed by atoms with E-state index in [-0.39, 0.29) is 0 Å². The normalized spacial score (nSPS) is 10.4. The van der Waals surface area contributed by atoms with Crippen molar-refractivity contribution in [2.45, 2.75) is 13.8 Å². The van der Waals surface area contributed by atoms with E-state index in [9.17, 15) is 0 Å². The van der Waals surface area contributed by atoms with E-state index >= 15 is 0 Å². The van der Waals surface area contributed by atoms with E-state index in [0.717, 1.165) is 21.5 Å². The number of methoxy groups -OCH3 is 1. The molecular formula is C13H13BrClN3O. The first kappa shape index (κ1) is 14.1. The number of nitrogens with one attached hydrogen (secondary N) is 1. The molecule has 0 unspecified atom stereocenters. The van der Waals surface area contributed by atoms with Crippen LogP contribution >= 0.6 is 27.5 Å². The Bertz CT molecular complexity index is 619. The smallest absolute Gasteiger partial charge is 0.138 e. The number of aryl methyl sites for hydroxylation is 1. The summed E-state index contributed by atoms with van der Waals surface area (Å²) in [7, 11) is 1.63. The molecule has 0 radical (unpaired) electrons. The van der Waals surface area contributed by atoms with Crippen molar-refractivity contribution < 1.29 is 4.74 Å². The Kier molecular flexibility index (Phi) is 4.27. The van der Waals surface area contributed by atoms with Crippen molar-refractivity contribution in [2.75, 3.05) is 12.4 Å². The molecule has 1 heterocycles. The summed E-state index contributed by atoms with van der Waals surface area (Å²) in [5.74, 6) is 2.07. The van der Waals surface area contributed by atoms with Crippen LogP contribution < -0.4 is 10.1 Å². The van der Waals surface area contributed by atoms with E-state index in [2.05, 4.69) is 31.2 Å². The molecule has 0 aliphatic rings. The van der Waals surface area contributed by atoms with E-state index < -0.39 is 0 Å². The van der Waals surface area contributed by atoms with E-state index in [4.69, 9.17) is 16.3 Å². The average Bonchev–Trinajstić information content (AvgIpc) is 2.34. The third-order valence-electron chi connectivity index (χ3n) is 2.57. The third-order valence-corrected chi connectivity index (χ3v) is 3.39. The highest BCUT2D eigenvalue weighted by atomic mass is 79.9. The van der Waals surface area contributed by atoms with Crippen molar-refractivity contribution in [3.05, 3.63) is 39.2 Å². The molecule has 0 fully saturated rings. The number of halogens is 2. The number of anilines is 2. The highest BCUT2D eigenvalue weighted by Gasteiger charge is 2.08. The van der Waals surface area contributed by atoms with Gasteiger partial charge >= 0.3 is 0 Å². The van der Waals surface area contributed by atoms with Crippen LogP contribution in [0.3, 0.4) is 0 Å². The maximum absolute atomic E-state index is 6.05. The molecule has 1 N–H and O–H groups in total. The fourth-order valence-corrected chi connectivity index (χ4v) is 2.29. The summed E-state index contributed by atoms with van der Waals surface area (Å²) < 4.78 is 6.14. The summed E-state index contributed by atoms with van der Waals surface area (Å²) in [6, 6.07) is 5.71. The Hall–Kier alpha value is -1.33. The van der Waals surface area contributed by atoms with Crippen LogP contribution in [-0.4, -0.2) is 17.1 Å². The zero-order chi connectivity index (χ0) is 14.0. The predicted octanol–water partition coefficient (Wildman–Crippen LogP) is 4.26. The second-order valence-electron chi connectivity index (χ2n) is 4.04. The number of benzene rings is 1. The highest BCUT2D eigenvalue weighted by molar-refractivity contribution is 9.10. The number of ether oxygens (including phenoxy) is 1. The van der Waals surface area contributed by atoms with Gasteiger partial charge in [-0.05, 0) is 26.0 Å². The molecule has 0 saturated heterocycles. The summed E-state index contributed by atoms with van der Waals surface area (Å²) >= 11 is 9.49. The van der Waals surface area contributed by atoms with Gasteiger partial charge in [0.05, 0.1) is 7.11 Å². The van der Waals surface area contributed by atoms with Crippen LogP contribution in [0.2, 0.25) is 5.15 Å². The summed E-state index contributed by atoms with van der Waals surface area (Å²) in [6.45, 7) is 3.68. The molecule has 2 rings (SSSR count). The predicted molar refractivity (Wildman–Crippen MR) is 80.5 cm³/mol. The van der Waals surface area contributed by atoms with Crippen LogP contribution in [0.1, 0.15) is 11.4 Å². The minimum Gasteiger partial charge on any atom is -0.497 e. The minimum atomic E-state index is 0.456. The second kappa shape index (κ2) is 5.75. The van der Waals surface area contributed by atoms with Gasteiger partial charge in [-0.1, -0.05) is 27.5 Å². The molecule has 0 saturated carbocycles. The lowest BCUT2D eigenvalue weighted by Crippen LogP contribution is -2.01. The number of aromatic nitrogens is 2. The van der Waals surface area contributed by atoms with Gasteiger partial charge in [-0.25, -0.2) is 9.97 Å². The van der Waals surface area contributed by atoms with Gasteiger partial charge in [-0.3, -0.25) is 0 Å². The molecule has 0 spiro atoms. The van der Waals surface area contributed by atoms with Gasteiger partial charge < -0.3 is 10.1 Å². The Morgan fingerprint density at radius 3 is 2.63 bits per heavy atom. The lowest BCUT2D eigenvalue weighted by atomic mass is 10.2. The molecule has 0 amide bonds. The fourth-order valence-electron chi connectivity index (χ4n) is 1.61. The monoisotopic (exact) mass is 341 g/mol. The SMILES string of the molecule is COc1cc(Br)cc(Nc2nc(C)nc(Cl)c2C)c1. The van der Waals surface area contributed by atoms with Crippen molar-refractivity contribution in [1.82, 2.24) is 9.97 Å². The van der Waals surface area contributed by atoms with E-state index in [1.54, 1.807) is 14.0 Å². The van der Waals surface area contributed by atoms with Gasteiger partial charge in [0.15, 0.2) is 0 Å². The molecule has 0 bridgehead atoms. The van der Waals surface area contributed by atoms with E-state index in [1.807, 2.05) is 25.1 Å². The van der Waals surface area contributed by atoms with Crippen molar-refractivity contribution in [1.29, 1.82) is 0 Å². The molecule has 1 aromatic carbocycles. The fraction of sp³-hybridized carbons (Fsp3) is 0.231. The Morgan fingerprint density at radius 2 is 1.95 bits per heavy atom. The van der Waals surface area contributed by atoms with Crippen molar-refractivity contribution >= 4 is 39.0 Å². The van der Waals surface area contributed by atoms with Gasteiger partial charge in [-0.15, -0.1) is 0 Å². The first-order valence-corrected chi connectivity index (χ1v) is 6.79. The van der Waals surface area contributed by atoms with Crippen LogP contribution in [0.25, 0.3) is 0 Å². The van der Waals surface area contributed by atoms with Gasteiger partial charge in [0.25, 0.3) is 0 Å². The highest BCUT2D eigenvalue weighted by Crippen LogP contribution is 2.28. The zero-order valence-corrected chi connectivity index (χ0v) is 13.1. The van der Waals surface area contributed by atoms with Crippen LogP contribution in [0, 0.1) is 13.8 Å². The summed E-state index contributed by atoms with van der Waals surface area (Å²) in [6.07, 6.45) is 0. The molecule has 19 heavy (non-hydrogen) atoms. The molecule has 100 valence electrons. The van der Waals surface area contributed by atoms with Gasteiger partial charge in [-0.2, -0.15) is 0 Å². The molecular weight excluding hydrogens is 330 g/mol. The van der Waals surface area contributed by atoms with Gasteiger partial charge in [0.1, 0.15) is 22.5 Å².